The summed E-state index contributed by atoms with van der Waals surface area (Å²) in [6.45, 7) is 4.50. The first-order valence-electron chi connectivity index (χ1n) is 19.5. The molecule has 0 radical (unpaired) electrons. The second kappa shape index (κ2) is 33.7. The molecule has 0 saturated heterocycles. The van der Waals surface area contributed by atoms with E-state index in [1.54, 1.807) is 0 Å². The van der Waals surface area contributed by atoms with Crippen molar-refractivity contribution in [2.24, 2.45) is 0 Å². The Morgan fingerprint density at radius 1 is 0.565 bits per heavy atom. The highest BCUT2D eigenvalue weighted by atomic mass is 32.2. The van der Waals surface area contributed by atoms with E-state index in [0.717, 1.165) is 38.5 Å². The number of hydrogen-bond acceptors (Lipinski definition) is 4. The Labute approximate surface area is 285 Å². The number of nitrogens with one attached hydrogen (secondary N) is 1. The molecular weight excluding hydrogens is 594 g/mol. The average Bonchev–Trinajstić information content (AvgIpc) is 3.01. The van der Waals surface area contributed by atoms with Gasteiger partial charge in [0.05, 0.1) is 17.9 Å². The summed E-state index contributed by atoms with van der Waals surface area (Å²) >= 11 is 0. The third-order valence-electron chi connectivity index (χ3n) is 8.88. The van der Waals surface area contributed by atoms with E-state index in [4.69, 9.17) is 0 Å². The third kappa shape index (κ3) is 34.2. The molecule has 3 N–H and O–H groups in total. The molecule has 0 aliphatic rings. The minimum atomic E-state index is -4.34. The lowest BCUT2D eigenvalue weighted by atomic mass is 10.0. The summed E-state index contributed by atoms with van der Waals surface area (Å²) in [5.74, 6) is -0.996. The topological polar surface area (TPSA) is 104 Å². The molecule has 0 bridgehead atoms. The van der Waals surface area contributed by atoms with Crippen molar-refractivity contribution in [1.29, 1.82) is 0 Å². The Balaban J connectivity index is 3.93. The standard InChI is InChI=1S/C39H75NO5S/c1-3-5-7-9-11-13-15-16-17-18-19-20-21-22-23-24-25-26-28-30-32-34-38(41)37(36-46(43,44)45)40-39(42)35-33-31-29-27-14-12-10-8-6-4-2/h25-26,32,34,37-38,41H,3-24,27-31,33,35-36H2,1-2H3,(H,40,42)(H,43,44,45)/b26-25+,34-32+. The Morgan fingerprint density at radius 3 is 1.37 bits per heavy atom. The van der Waals surface area contributed by atoms with Crippen LogP contribution >= 0.6 is 0 Å². The van der Waals surface area contributed by atoms with E-state index in [1.165, 1.54) is 147 Å². The molecule has 0 saturated carbocycles. The average molecular weight is 670 g/mol. The minimum absolute atomic E-state index is 0.289. The normalized spacial score (nSPS) is 13.6. The summed E-state index contributed by atoms with van der Waals surface area (Å²) in [7, 11) is -4.34. The first kappa shape index (κ1) is 44.8. The molecule has 272 valence electrons. The maximum Gasteiger partial charge on any atom is 0.267 e. The van der Waals surface area contributed by atoms with Crippen LogP contribution < -0.4 is 5.32 Å². The zero-order valence-corrected chi connectivity index (χ0v) is 31.0. The molecule has 7 heteroatoms. The van der Waals surface area contributed by atoms with Crippen molar-refractivity contribution in [2.75, 3.05) is 5.75 Å². The summed E-state index contributed by atoms with van der Waals surface area (Å²) in [4.78, 5) is 12.4. The molecule has 0 aromatic rings. The summed E-state index contributed by atoms with van der Waals surface area (Å²) < 4.78 is 32.3. The SMILES string of the molecule is CCCCCCCCCCCCCCCCC/C=C/CC/C=C/C(O)C(CS(=O)(=O)O)NC(=O)CCCCCCCCCCCC. The quantitative estimate of drug-likeness (QED) is 0.0354. The Hall–Kier alpha value is -1.18. The number of aliphatic hydroxyl groups excluding tert-OH is 1. The van der Waals surface area contributed by atoms with Crippen LogP contribution in [-0.4, -0.2) is 41.9 Å². The molecule has 0 aromatic carbocycles. The summed E-state index contributed by atoms with van der Waals surface area (Å²) in [6, 6.07) is -1.07. The van der Waals surface area contributed by atoms with Gasteiger partial charge in [-0.25, -0.2) is 0 Å². The van der Waals surface area contributed by atoms with E-state index in [2.05, 4.69) is 31.3 Å². The minimum Gasteiger partial charge on any atom is -0.387 e. The number of allylic oxidation sites excluding steroid dienone is 3. The molecule has 1 amide bonds. The maximum absolute atomic E-state index is 12.4. The molecule has 0 spiro atoms. The van der Waals surface area contributed by atoms with Gasteiger partial charge < -0.3 is 10.4 Å². The van der Waals surface area contributed by atoms with Crippen molar-refractivity contribution in [2.45, 2.75) is 212 Å². The zero-order valence-electron chi connectivity index (χ0n) is 30.2. The monoisotopic (exact) mass is 670 g/mol. The molecule has 0 aromatic heterocycles. The largest absolute Gasteiger partial charge is 0.387 e. The smallest absolute Gasteiger partial charge is 0.267 e. The van der Waals surface area contributed by atoms with Gasteiger partial charge in [-0.2, -0.15) is 8.42 Å². The molecule has 0 fully saturated rings. The second-order valence-electron chi connectivity index (χ2n) is 13.6. The van der Waals surface area contributed by atoms with E-state index in [-0.39, 0.29) is 5.91 Å². The second-order valence-corrected chi connectivity index (χ2v) is 15.1. The first-order valence-corrected chi connectivity index (χ1v) is 21.1. The Morgan fingerprint density at radius 2 is 0.935 bits per heavy atom. The van der Waals surface area contributed by atoms with Crippen molar-refractivity contribution < 1.29 is 22.9 Å². The van der Waals surface area contributed by atoms with E-state index in [9.17, 15) is 22.9 Å². The van der Waals surface area contributed by atoms with Crippen LogP contribution in [0.5, 0.6) is 0 Å². The molecule has 6 nitrogen and oxygen atoms in total. The number of carbonyl (C=O) groups excluding carboxylic acids is 1. The molecule has 2 atom stereocenters. The number of carbonyl (C=O) groups is 1. The van der Waals surface area contributed by atoms with Gasteiger partial charge in [-0.1, -0.05) is 186 Å². The van der Waals surface area contributed by atoms with Crippen LogP contribution in [0, 0.1) is 0 Å². The van der Waals surface area contributed by atoms with Gasteiger partial charge in [0.2, 0.25) is 5.91 Å². The van der Waals surface area contributed by atoms with Gasteiger partial charge in [0, 0.05) is 6.42 Å². The van der Waals surface area contributed by atoms with E-state index < -0.39 is 28.0 Å². The Kier molecular flexibility index (Phi) is 32.8. The van der Waals surface area contributed by atoms with Crippen molar-refractivity contribution in [1.82, 2.24) is 5.32 Å². The fourth-order valence-electron chi connectivity index (χ4n) is 5.94. The van der Waals surface area contributed by atoms with Crippen LogP contribution in [0.2, 0.25) is 0 Å². The highest BCUT2D eigenvalue weighted by molar-refractivity contribution is 7.85. The van der Waals surface area contributed by atoms with Crippen molar-refractivity contribution in [3.8, 4) is 0 Å². The van der Waals surface area contributed by atoms with Gasteiger partial charge in [-0.15, -0.1) is 0 Å². The van der Waals surface area contributed by atoms with Crippen LogP contribution in [0.3, 0.4) is 0 Å². The van der Waals surface area contributed by atoms with Gasteiger partial charge in [0.25, 0.3) is 10.1 Å². The predicted molar refractivity (Wildman–Crippen MR) is 198 cm³/mol. The van der Waals surface area contributed by atoms with Crippen LogP contribution in [-0.2, 0) is 14.9 Å². The van der Waals surface area contributed by atoms with E-state index in [0.29, 0.717) is 6.42 Å². The molecule has 0 heterocycles. The molecule has 0 aliphatic carbocycles. The maximum atomic E-state index is 12.4. The lowest BCUT2D eigenvalue weighted by molar-refractivity contribution is -0.122. The zero-order chi connectivity index (χ0) is 34.0. The first-order chi connectivity index (χ1) is 22.3. The van der Waals surface area contributed by atoms with Gasteiger partial charge >= 0.3 is 0 Å². The van der Waals surface area contributed by atoms with Crippen molar-refractivity contribution in [3.63, 3.8) is 0 Å². The fraction of sp³-hybridized carbons (Fsp3) is 0.872. The summed E-state index contributed by atoms with van der Waals surface area (Å²) in [5, 5.41) is 13.2. The number of aliphatic hydroxyl groups is 1. The molecule has 0 rings (SSSR count). The molecular formula is C39H75NO5S. The summed E-state index contributed by atoms with van der Waals surface area (Å²) in [6.07, 6.45) is 41.8. The highest BCUT2D eigenvalue weighted by Gasteiger charge is 2.24. The molecule has 46 heavy (non-hydrogen) atoms. The Bertz CT molecular complexity index is 826. The van der Waals surface area contributed by atoms with Crippen LogP contribution in [0.1, 0.15) is 200 Å². The number of rotatable bonds is 35. The molecule has 0 aliphatic heterocycles. The van der Waals surface area contributed by atoms with Crippen molar-refractivity contribution >= 4 is 16.0 Å². The third-order valence-corrected chi connectivity index (χ3v) is 9.66. The number of amides is 1. The van der Waals surface area contributed by atoms with Gasteiger partial charge in [-0.3, -0.25) is 9.35 Å². The molecule has 2 unspecified atom stereocenters. The lowest BCUT2D eigenvalue weighted by Gasteiger charge is -2.21. The van der Waals surface area contributed by atoms with Gasteiger partial charge in [0.1, 0.15) is 0 Å². The van der Waals surface area contributed by atoms with Crippen LogP contribution in [0.4, 0.5) is 0 Å². The van der Waals surface area contributed by atoms with Crippen LogP contribution in [0.25, 0.3) is 0 Å². The van der Waals surface area contributed by atoms with Crippen molar-refractivity contribution in [3.05, 3.63) is 24.3 Å². The van der Waals surface area contributed by atoms with E-state index in [1.807, 2.05) is 6.08 Å². The van der Waals surface area contributed by atoms with Gasteiger partial charge in [-0.05, 0) is 32.1 Å². The fourth-order valence-corrected chi connectivity index (χ4v) is 6.67. The van der Waals surface area contributed by atoms with Crippen LogP contribution in [0.15, 0.2) is 24.3 Å². The summed E-state index contributed by atoms with van der Waals surface area (Å²) in [5.41, 5.74) is 0. The predicted octanol–water partition coefficient (Wildman–Crippen LogP) is 11.2. The van der Waals surface area contributed by atoms with E-state index >= 15 is 0 Å². The number of hydrogen-bond donors (Lipinski definition) is 3. The number of unbranched alkanes of at least 4 members (excludes halogenated alkanes) is 25. The highest BCUT2D eigenvalue weighted by Crippen LogP contribution is 2.15. The lowest BCUT2D eigenvalue weighted by Crippen LogP contribution is -2.46. The van der Waals surface area contributed by atoms with Gasteiger partial charge in [0.15, 0.2) is 0 Å².